The number of rotatable bonds is 5. The number of nitro groups is 1. The Morgan fingerprint density at radius 2 is 2.32 bits per heavy atom. The van der Waals surface area contributed by atoms with Crippen molar-refractivity contribution in [2.75, 3.05) is 13.7 Å². The second kappa shape index (κ2) is 5.57. The second-order valence-electron chi connectivity index (χ2n) is 3.90. The number of nitrogens with zero attached hydrogens (tertiary/aromatic N) is 3. The van der Waals surface area contributed by atoms with Gasteiger partial charge < -0.3 is 4.74 Å². The lowest BCUT2D eigenvalue weighted by Crippen LogP contribution is -2.03. The summed E-state index contributed by atoms with van der Waals surface area (Å²) in [7, 11) is 1.57. The first kappa shape index (κ1) is 13.2. The normalized spacial score (nSPS) is 10.6. The van der Waals surface area contributed by atoms with Crippen molar-refractivity contribution in [3.05, 3.63) is 46.5 Å². The van der Waals surface area contributed by atoms with Crippen LogP contribution in [0.5, 0.6) is 0 Å². The molecule has 0 radical (unpaired) electrons. The zero-order chi connectivity index (χ0) is 13.8. The van der Waals surface area contributed by atoms with Crippen LogP contribution in [0.25, 0.3) is 11.1 Å². The van der Waals surface area contributed by atoms with E-state index in [2.05, 4.69) is 5.10 Å². The fourth-order valence-electron chi connectivity index (χ4n) is 1.71. The van der Waals surface area contributed by atoms with E-state index in [1.807, 2.05) is 0 Å². The fourth-order valence-corrected chi connectivity index (χ4v) is 1.71. The first-order valence-corrected chi connectivity index (χ1v) is 5.57. The molecular weight excluding hydrogens is 253 g/mol. The highest BCUT2D eigenvalue weighted by Crippen LogP contribution is 2.30. The quantitative estimate of drug-likeness (QED) is 0.614. The van der Waals surface area contributed by atoms with E-state index < -0.39 is 10.7 Å². The van der Waals surface area contributed by atoms with Crippen LogP contribution in [0, 0.1) is 15.9 Å². The molecule has 0 unspecified atom stereocenters. The van der Waals surface area contributed by atoms with Gasteiger partial charge >= 0.3 is 0 Å². The molecule has 0 N–H and O–H groups in total. The van der Waals surface area contributed by atoms with Gasteiger partial charge in [-0.05, 0) is 12.1 Å². The number of methoxy groups -OCH3 is 1. The molecule has 0 saturated carbocycles. The molecule has 7 heteroatoms. The van der Waals surface area contributed by atoms with Crippen molar-refractivity contribution in [1.29, 1.82) is 0 Å². The molecule has 0 fully saturated rings. The van der Waals surface area contributed by atoms with Gasteiger partial charge in [-0.3, -0.25) is 14.8 Å². The molecule has 0 bridgehead atoms. The highest BCUT2D eigenvalue weighted by Gasteiger charge is 2.17. The van der Waals surface area contributed by atoms with Crippen molar-refractivity contribution in [3.8, 4) is 11.1 Å². The molecule has 0 aliphatic heterocycles. The van der Waals surface area contributed by atoms with Crippen LogP contribution in [0.3, 0.4) is 0 Å². The molecule has 1 heterocycles. The van der Waals surface area contributed by atoms with Crippen LogP contribution in [0.1, 0.15) is 0 Å². The lowest BCUT2D eigenvalue weighted by Gasteiger charge is -2.01. The molecule has 0 aliphatic carbocycles. The van der Waals surface area contributed by atoms with Gasteiger partial charge in [-0.1, -0.05) is 0 Å². The number of hydrogen-bond acceptors (Lipinski definition) is 4. The average molecular weight is 265 g/mol. The summed E-state index contributed by atoms with van der Waals surface area (Å²) in [5, 5.41) is 15.0. The van der Waals surface area contributed by atoms with Crippen molar-refractivity contribution < 1.29 is 14.1 Å². The fraction of sp³-hybridized carbons (Fsp3) is 0.250. The highest BCUT2D eigenvalue weighted by molar-refractivity contribution is 5.72. The van der Waals surface area contributed by atoms with Crippen molar-refractivity contribution in [2.24, 2.45) is 0 Å². The Balaban J connectivity index is 2.37. The number of nitro benzene ring substituents is 1. The van der Waals surface area contributed by atoms with Crippen molar-refractivity contribution >= 4 is 5.69 Å². The van der Waals surface area contributed by atoms with Crippen molar-refractivity contribution in [2.45, 2.75) is 6.54 Å². The van der Waals surface area contributed by atoms with E-state index in [4.69, 9.17) is 4.74 Å². The molecule has 1 aromatic heterocycles. The summed E-state index contributed by atoms with van der Waals surface area (Å²) in [6.45, 7) is 1.01. The summed E-state index contributed by atoms with van der Waals surface area (Å²) in [4.78, 5) is 10.4. The van der Waals surface area contributed by atoms with Crippen LogP contribution in [0.2, 0.25) is 0 Å². The number of halogens is 1. The predicted octanol–water partition coefficient (Wildman–Crippen LogP) is 2.24. The van der Waals surface area contributed by atoms with Gasteiger partial charge in [-0.25, -0.2) is 4.39 Å². The third-order valence-corrected chi connectivity index (χ3v) is 2.62. The average Bonchev–Trinajstić information content (AvgIpc) is 2.84. The summed E-state index contributed by atoms with van der Waals surface area (Å²) >= 11 is 0. The minimum Gasteiger partial charge on any atom is -0.383 e. The molecule has 0 amide bonds. The highest BCUT2D eigenvalue weighted by atomic mass is 19.1. The molecule has 100 valence electrons. The van der Waals surface area contributed by atoms with Gasteiger partial charge in [0, 0.05) is 24.9 Å². The Morgan fingerprint density at radius 1 is 1.53 bits per heavy atom. The Labute approximate surface area is 108 Å². The first-order chi connectivity index (χ1) is 9.11. The first-order valence-electron chi connectivity index (χ1n) is 5.57. The SMILES string of the molecule is COCCn1cc(-c2cc(F)ccc2[N+](=O)[O-])cn1. The van der Waals surface area contributed by atoms with E-state index >= 15 is 0 Å². The van der Waals surface area contributed by atoms with Crippen LogP contribution < -0.4 is 0 Å². The van der Waals surface area contributed by atoms with Gasteiger partial charge in [-0.2, -0.15) is 5.10 Å². The molecule has 0 spiro atoms. The van der Waals surface area contributed by atoms with Crippen LogP contribution in [0.15, 0.2) is 30.6 Å². The van der Waals surface area contributed by atoms with E-state index in [0.717, 1.165) is 18.2 Å². The zero-order valence-corrected chi connectivity index (χ0v) is 10.2. The van der Waals surface area contributed by atoms with Crippen molar-refractivity contribution in [3.63, 3.8) is 0 Å². The molecular formula is C12H12FN3O3. The molecule has 0 atom stereocenters. The second-order valence-corrected chi connectivity index (χ2v) is 3.90. The zero-order valence-electron chi connectivity index (χ0n) is 10.2. The van der Waals surface area contributed by atoms with Crippen molar-refractivity contribution in [1.82, 2.24) is 9.78 Å². The number of ether oxygens (including phenoxy) is 1. The van der Waals surface area contributed by atoms with E-state index in [-0.39, 0.29) is 11.3 Å². The lowest BCUT2D eigenvalue weighted by molar-refractivity contribution is -0.384. The molecule has 0 saturated heterocycles. The summed E-state index contributed by atoms with van der Waals surface area (Å²) < 4.78 is 19.7. The Kier molecular flexibility index (Phi) is 3.86. The smallest absolute Gasteiger partial charge is 0.277 e. The van der Waals surface area contributed by atoms with Crippen LogP contribution in [-0.4, -0.2) is 28.4 Å². The minimum absolute atomic E-state index is 0.146. The standard InChI is InChI=1S/C12H12FN3O3/c1-19-5-4-15-8-9(7-14-15)11-6-10(13)2-3-12(11)16(17)18/h2-3,6-8H,4-5H2,1H3. The topological polar surface area (TPSA) is 70.2 Å². The molecule has 2 rings (SSSR count). The largest absolute Gasteiger partial charge is 0.383 e. The lowest BCUT2D eigenvalue weighted by atomic mass is 10.1. The maximum atomic E-state index is 13.2. The molecule has 0 aliphatic rings. The van der Waals surface area contributed by atoms with E-state index in [9.17, 15) is 14.5 Å². The van der Waals surface area contributed by atoms with Crippen LogP contribution >= 0.6 is 0 Å². The van der Waals surface area contributed by atoms with E-state index in [1.54, 1.807) is 18.0 Å². The predicted molar refractivity (Wildman–Crippen MR) is 66.2 cm³/mol. The van der Waals surface area contributed by atoms with E-state index in [1.165, 1.54) is 6.20 Å². The van der Waals surface area contributed by atoms with Gasteiger partial charge in [0.1, 0.15) is 5.82 Å². The van der Waals surface area contributed by atoms with Gasteiger partial charge in [0.2, 0.25) is 0 Å². The summed E-state index contributed by atoms with van der Waals surface area (Å²) in [5.74, 6) is -0.523. The Hall–Kier alpha value is -2.28. The minimum atomic E-state index is -0.540. The maximum absolute atomic E-state index is 13.2. The Bertz CT molecular complexity index is 598. The maximum Gasteiger partial charge on any atom is 0.277 e. The Morgan fingerprint density at radius 3 is 3.00 bits per heavy atom. The third kappa shape index (κ3) is 2.94. The van der Waals surface area contributed by atoms with Crippen LogP contribution in [-0.2, 0) is 11.3 Å². The number of aromatic nitrogens is 2. The molecule has 1 aromatic carbocycles. The van der Waals surface area contributed by atoms with E-state index in [0.29, 0.717) is 18.7 Å². The summed E-state index contributed by atoms with van der Waals surface area (Å²) in [5.41, 5.74) is 0.573. The number of hydrogen-bond donors (Lipinski definition) is 0. The molecule has 19 heavy (non-hydrogen) atoms. The molecule has 2 aromatic rings. The van der Waals surface area contributed by atoms with Gasteiger partial charge in [0.05, 0.1) is 29.8 Å². The summed E-state index contributed by atoms with van der Waals surface area (Å²) in [6.07, 6.45) is 3.10. The monoisotopic (exact) mass is 265 g/mol. The third-order valence-electron chi connectivity index (χ3n) is 2.62. The van der Waals surface area contributed by atoms with Gasteiger partial charge in [-0.15, -0.1) is 0 Å². The summed E-state index contributed by atoms with van der Waals surface area (Å²) in [6, 6.07) is 3.35. The van der Waals surface area contributed by atoms with Gasteiger partial charge in [0.15, 0.2) is 0 Å². The van der Waals surface area contributed by atoms with Gasteiger partial charge in [0.25, 0.3) is 5.69 Å². The molecule has 6 nitrogen and oxygen atoms in total. The van der Waals surface area contributed by atoms with Crippen LogP contribution in [0.4, 0.5) is 10.1 Å². The number of benzene rings is 1.